The zero-order valence-corrected chi connectivity index (χ0v) is 12.8. The van der Waals surface area contributed by atoms with Gasteiger partial charge in [-0.05, 0) is 35.7 Å². The van der Waals surface area contributed by atoms with Gasteiger partial charge in [0.2, 0.25) is 0 Å². The third-order valence-corrected chi connectivity index (χ3v) is 3.49. The van der Waals surface area contributed by atoms with E-state index in [0.717, 1.165) is 24.5 Å². The van der Waals surface area contributed by atoms with Gasteiger partial charge in [0.1, 0.15) is 0 Å². The van der Waals surface area contributed by atoms with Crippen LogP contribution in [0.1, 0.15) is 30.5 Å². The molecule has 2 aromatic rings. The smallest absolute Gasteiger partial charge is 0.161 e. The average molecular weight is 286 g/mol. The number of nitrogens with one attached hydrogen (secondary N) is 1. The molecule has 0 radical (unpaired) electrons. The van der Waals surface area contributed by atoms with Crippen molar-refractivity contribution in [3.05, 3.63) is 53.9 Å². The Morgan fingerprint density at radius 3 is 2.57 bits per heavy atom. The summed E-state index contributed by atoms with van der Waals surface area (Å²) in [7, 11) is 3.31. The predicted octanol–water partition coefficient (Wildman–Crippen LogP) is 3.34. The monoisotopic (exact) mass is 286 g/mol. The van der Waals surface area contributed by atoms with Gasteiger partial charge in [-0.25, -0.2) is 0 Å². The molecular weight excluding hydrogens is 264 g/mol. The molecule has 0 fully saturated rings. The second kappa shape index (κ2) is 7.64. The molecule has 1 N–H and O–H groups in total. The van der Waals surface area contributed by atoms with Gasteiger partial charge in [-0.15, -0.1) is 0 Å². The number of pyridine rings is 1. The molecule has 1 heterocycles. The largest absolute Gasteiger partial charge is 0.493 e. The highest BCUT2D eigenvalue weighted by molar-refractivity contribution is 5.43. The van der Waals surface area contributed by atoms with Crippen LogP contribution in [-0.2, 0) is 6.54 Å². The highest BCUT2D eigenvalue weighted by atomic mass is 16.5. The minimum atomic E-state index is 0.269. The number of rotatable bonds is 7. The first-order valence-electron chi connectivity index (χ1n) is 7.12. The van der Waals surface area contributed by atoms with Gasteiger partial charge < -0.3 is 14.8 Å². The molecule has 0 bridgehead atoms. The Hall–Kier alpha value is -2.07. The average Bonchev–Trinajstić information content (AvgIpc) is 2.56. The first kappa shape index (κ1) is 15.3. The summed E-state index contributed by atoms with van der Waals surface area (Å²) in [6.07, 6.45) is 4.67. The van der Waals surface area contributed by atoms with Crippen LogP contribution in [0, 0.1) is 0 Å². The van der Waals surface area contributed by atoms with Gasteiger partial charge >= 0.3 is 0 Å². The summed E-state index contributed by atoms with van der Waals surface area (Å²) in [4.78, 5) is 4.13. The highest BCUT2D eigenvalue weighted by Gasteiger charge is 2.12. The van der Waals surface area contributed by atoms with Crippen molar-refractivity contribution < 1.29 is 9.47 Å². The molecule has 0 saturated heterocycles. The molecule has 0 aliphatic carbocycles. The van der Waals surface area contributed by atoms with E-state index in [1.807, 2.05) is 24.4 Å². The van der Waals surface area contributed by atoms with Crippen LogP contribution in [0.4, 0.5) is 0 Å². The van der Waals surface area contributed by atoms with Gasteiger partial charge in [-0.1, -0.05) is 19.1 Å². The molecule has 2 rings (SSSR count). The fraction of sp³-hybridized carbons (Fsp3) is 0.353. The normalized spacial score (nSPS) is 12.0. The fourth-order valence-electron chi connectivity index (χ4n) is 2.31. The zero-order chi connectivity index (χ0) is 15.1. The molecule has 1 aromatic carbocycles. The number of hydrogen-bond donors (Lipinski definition) is 1. The first-order valence-corrected chi connectivity index (χ1v) is 7.12. The van der Waals surface area contributed by atoms with E-state index in [2.05, 4.69) is 29.4 Å². The zero-order valence-electron chi connectivity index (χ0n) is 12.8. The molecule has 112 valence electrons. The van der Waals surface area contributed by atoms with E-state index < -0.39 is 0 Å². The van der Waals surface area contributed by atoms with Gasteiger partial charge in [-0.3, -0.25) is 4.98 Å². The Kier molecular flexibility index (Phi) is 5.58. The van der Waals surface area contributed by atoms with E-state index in [9.17, 15) is 0 Å². The number of aromatic nitrogens is 1. The van der Waals surface area contributed by atoms with Crippen molar-refractivity contribution in [2.24, 2.45) is 0 Å². The quantitative estimate of drug-likeness (QED) is 0.847. The lowest BCUT2D eigenvalue weighted by Gasteiger charge is -2.19. The maximum Gasteiger partial charge on any atom is 0.161 e. The number of hydrogen-bond acceptors (Lipinski definition) is 4. The summed E-state index contributed by atoms with van der Waals surface area (Å²) < 4.78 is 10.7. The maximum absolute atomic E-state index is 5.37. The molecule has 0 aliphatic rings. The van der Waals surface area contributed by atoms with E-state index in [-0.39, 0.29) is 6.04 Å². The van der Waals surface area contributed by atoms with E-state index >= 15 is 0 Å². The van der Waals surface area contributed by atoms with E-state index in [1.54, 1.807) is 20.4 Å². The molecule has 4 nitrogen and oxygen atoms in total. The molecule has 0 unspecified atom stereocenters. The molecular formula is C17H22N2O2. The molecule has 0 spiro atoms. The van der Waals surface area contributed by atoms with E-state index in [1.165, 1.54) is 11.1 Å². The van der Waals surface area contributed by atoms with Gasteiger partial charge in [0.15, 0.2) is 11.5 Å². The Morgan fingerprint density at radius 1 is 1.14 bits per heavy atom. The van der Waals surface area contributed by atoms with Crippen molar-refractivity contribution in [1.82, 2.24) is 10.3 Å². The molecule has 1 atom stereocenters. The van der Waals surface area contributed by atoms with Crippen LogP contribution < -0.4 is 14.8 Å². The Labute approximate surface area is 126 Å². The van der Waals surface area contributed by atoms with Crippen molar-refractivity contribution in [2.45, 2.75) is 25.9 Å². The van der Waals surface area contributed by atoms with Crippen LogP contribution in [0.5, 0.6) is 11.5 Å². The standard InChI is InChI=1S/C17H22N2O2/c1-4-15(19-12-13-6-5-9-18-11-13)14-7-8-16(20-2)17(10-14)21-3/h5-11,15,19H,4,12H2,1-3H3/t15-/m0/s1. The number of ether oxygens (including phenoxy) is 2. The van der Waals surface area contributed by atoms with Crippen LogP contribution in [0.2, 0.25) is 0 Å². The van der Waals surface area contributed by atoms with Crippen LogP contribution in [0.3, 0.4) is 0 Å². The van der Waals surface area contributed by atoms with Crippen molar-refractivity contribution in [3.63, 3.8) is 0 Å². The van der Waals surface area contributed by atoms with Crippen molar-refractivity contribution >= 4 is 0 Å². The minimum absolute atomic E-state index is 0.269. The number of methoxy groups -OCH3 is 2. The molecule has 21 heavy (non-hydrogen) atoms. The lowest BCUT2D eigenvalue weighted by atomic mass is 10.0. The predicted molar refractivity (Wildman–Crippen MR) is 83.7 cm³/mol. The van der Waals surface area contributed by atoms with Gasteiger partial charge in [0.25, 0.3) is 0 Å². The third-order valence-electron chi connectivity index (χ3n) is 3.49. The lowest BCUT2D eigenvalue weighted by molar-refractivity contribution is 0.353. The van der Waals surface area contributed by atoms with E-state index in [0.29, 0.717) is 0 Å². The molecule has 0 aliphatic heterocycles. The summed E-state index contributed by atoms with van der Waals surface area (Å²) in [5, 5.41) is 3.55. The lowest BCUT2D eigenvalue weighted by Crippen LogP contribution is -2.20. The SMILES string of the molecule is CC[C@H](NCc1cccnc1)c1ccc(OC)c(OC)c1. The Morgan fingerprint density at radius 2 is 1.95 bits per heavy atom. The summed E-state index contributed by atoms with van der Waals surface area (Å²) >= 11 is 0. The van der Waals surface area contributed by atoms with Crippen LogP contribution in [-0.4, -0.2) is 19.2 Å². The second-order valence-corrected chi connectivity index (χ2v) is 4.82. The summed E-state index contributed by atoms with van der Waals surface area (Å²) in [5.74, 6) is 1.51. The summed E-state index contributed by atoms with van der Waals surface area (Å²) in [5.41, 5.74) is 2.37. The molecule has 0 amide bonds. The minimum Gasteiger partial charge on any atom is -0.493 e. The van der Waals surface area contributed by atoms with Crippen molar-refractivity contribution in [1.29, 1.82) is 0 Å². The highest BCUT2D eigenvalue weighted by Crippen LogP contribution is 2.30. The molecule has 4 heteroatoms. The van der Waals surface area contributed by atoms with Crippen LogP contribution >= 0.6 is 0 Å². The van der Waals surface area contributed by atoms with Crippen LogP contribution in [0.15, 0.2) is 42.7 Å². The van der Waals surface area contributed by atoms with E-state index in [4.69, 9.17) is 9.47 Å². The summed E-state index contributed by atoms with van der Waals surface area (Å²) in [6, 6.07) is 10.3. The number of nitrogens with zero attached hydrogens (tertiary/aromatic N) is 1. The molecule has 0 saturated carbocycles. The first-order chi connectivity index (χ1) is 10.3. The van der Waals surface area contributed by atoms with Gasteiger partial charge in [-0.2, -0.15) is 0 Å². The second-order valence-electron chi connectivity index (χ2n) is 4.82. The van der Waals surface area contributed by atoms with Crippen LogP contribution in [0.25, 0.3) is 0 Å². The Balaban J connectivity index is 2.10. The fourth-order valence-corrected chi connectivity index (χ4v) is 2.31. The number of benzene rings is 1. The third kappa shape index (κ3) is 3.95. The van der Waals surface area contributed by atoms with Crippen molar-refractivity contribution in [2.75, 3.05) is 14.2 Å². The van der Waals surface area contributed by atoms with Gasteiger partial charge in [0, 0.05) is 25.0 Å². The topological polar surface area (TPSA) is 43.4 Å². The molecule has 1 aromatic heterocycles. The summed E-state index contributed by atoms with van der Waals surface area (Å²) in [6.45, 7) is 2.96. The van der Waals surface area contributed by atoms with Gasteiger partial charge in [0.05, 0.1) is 14.2 Å². The van der Waals surface area contributed by atoms with Crippen molar-refractivity contribution in [3.8, 4) is 11.5 Å². The maximum atomic E-state index is 5.37. The Bertz CT molecular complexity index is 558.